The predicted molar refractivity (Wildman–Crippen MR) is 220 cm³/mol. The van der Waals surface area contributed by atoms with Gasteiger partial charge in [0, 0.05) is 14.6 Å². The van der Waals surface area contributed by atoms with Crippen molar-refractivity contribution in [1.29, 1.82) is 5.26 Å². The van der Waals surface area contributed by atoms with Crippen LogP contribution in [0.4, 0.5) is 8.78 Å². The van der Waals surface area contributed by atoms with E-state index in [1.807, 2.05) is 12.1 Å². The van der Waals surface area contributed by atoms with Gasteiger partial charge in [0.2, 0.25) is 0 Å². The highest BCUT2D eigenvalue weighted by Crippen LogP contribution is 2.43. The molecular formula is C42H55BrF2N4O2S2. The summed E-state index contributed by atoms with van der Waals surface area (Å²) in [6, 6.07) is 8.93. The van der Waals surface area contributed by atoms with Crippen LogP contribution in [-0.4, -0.2) is 27.6 Å². The first-order valence-electron chi connectivity index (χ1n) is 19.6. The number of aromatic nitrogens is 3. The van der Waals surface area contributed by atoms with Gasteiger partial charge in [0.25, 0.3) is 0 Å². The molecule has 6 nitrogen and oxygen atoms in total. The number of hydrogen-bond acceptors (Lipinski definition) is 7. The van der Waals surface area contributed by atoms with Crippen LogP contribution in [0.15, 0.2) is 33.6 Å². The van der Waals surface area contributed by atoms with Gasteiger partial charge in [0.15, 0.2) is 11.6 Å². The van der Waals surface area contributed by atoms with E-state index in [4.69, 9.17) is 14.9 Å². The second kappa shape index (κ2) is 22.4. The summed E-state index contributed by atoms with van der Waals surface area (Å²) >= 11 is 5.96. The van der Waals surface area contributed by atoms with Gasteiger partial charge in [0.1, 0.15) is 22.7 Å². The zero-order valence-electron chi connectivity index (χ0n) is 31.8. The first-order chi connectivity index (χ1) is 25.7. The number of carbonyl (C=O) groups is 1. The molecular weight excluding hydrogens is 775 g/mol. The van der Waals surface area contributed by atoms with Gasteiger partial charge in [-0.2, -0.15) is 20.3 Å². The van der Waals surface area contributed by atoms with Gasteiger partial charge in [-0.1, -0.05) is 111 Å². The Kier molecular flexibility index (Phi) is 18.1. The van der Waals surface area contributed by atoms with E-state index in [-0.39, 0.29) is 29.2 Å². The van der Waals surface area contributed by atoms with E-state index >= 15 is 8.78 Å². The van der Waals surface area contributed by atoms with Crippen LogP contribution in [0.1, 0.15) is 135 Å². The summed E-state index contributed by atoms with van der Waals surface area (Å²) in [7, 11) is 0. The molecule has 53 heavy (non-hydrogen) atoms. The predicted octanol–water partition coefficient (Wildman–Crippen LogP) is 13.9. The molecule has 0 N–H and O–H groups in total. The van der Waals surface area contributed by atoms with Crippen LogP contribution in [0.2, 0.25) is 0 Å². The molecule has 0 saturated heterocycles. The molecule has 0 saturated carbocycles. The molecule has 0 radical (unpaired) electrons. The number of hydrogen-bond donors (Lipinski definition) is 0. The monoisotopic (exact) mass is 828 g/mol. The minimum Gasteiger partial charge on any atom is -0.461 e. The van der Waals surface area contributed by atoms with Gasteiger partial charge in [0.05, 0.1) is 28.1 Å². The fraction of sp³-hybridized carbons (Fsp3) is 0.571. The molecule has 4 rings (SSSR count). The third kappa shape index (κ3) is 12.3. The van der Waals surface area contributed by atoms with Crippen molar-refractivity contribution >= 4 is 61.7 Å². The number of thiophene rings is 2. The molecule has 0 aliphatic heterocycles. The maximum atomic E-state index is 16.3. The molecule has 3 heterocycles. The average Bonchev–Trinajstić information content (AvgIpc) is 3.91. The van der Waals surface area contributed by atoms with Crippen molar-refractivity contribution in [2.45, 2.75) is 137 Å². The lowest BCUT2D eigenvalue weighted by Crippen LogP contribution is -2.14. The Labute approximate surface area is 331 Å². The van der Waals surface area contributed by atoms with Crippen molar-refractivity contribution in [3.8, 4) is 27.0 Å². The fourth-order valence-electron chi connectivity index (χ4n) is 6.74. The minimum atomic E-state index is -0.998. The van der Waals surface area contributed by atoms with E-state index in [2.05, 4.69) is 43.6 Å². The van der Waals surface area contributed by atoms with E-state index in [0.29, 0.717) is 38.1 Å². The molecule has 0 fully saturated rings. The first-order valence-corrected chi connectivity index (χ1v) is 22.1. The molecule has 288 valence electrons. The van der Waals surface area contributed by atoms with Gasteiger partial charge in [-0.25, -0.2) is 13.6 Å². The molecule has 0 aliphatic rings. The second-order valence-corrected chi connectivity index (χ2v) is 17.7. The van der Waals surface area contributed by atoms with Crippen molar-refractivity contribution in [2.75, 3.05) is 6.61 Å². The molecule has 0 bridgehead atoms. The largest absolute Gasteiger partial charge is 0.461 e. The summed E-state index contributed by atoms with van der Waals surface area (Å²) in [6.07, 6.45) is 19.6. The van der Waals surface area contributed by atoms with Gasteiger partial charge in [-0.3, -0.25) is 0 Å². The zero-order chi connectivity index (χ0) is 38.2. The second-order valence-electron chi connectivity index (χ2n) is 14.1. The van der Waals surface area contributed by atoms with Crippen LogP contribution >= 0.6 is 38.6 Å². The van der Waals surface area contributed by atoms with Gasteiger partial charge in [-0.05, 0) is 77.4 Å². The van der Waals surface area contributed by atoms with Crippen molar-refractivity contribution in [3.63, 3.8) is 0 Å². The van der Waals surface area contributed by atoms with Crippen LogP contribution in [0.25, 0.3) is 38.0 Å². The quantitative estimate of drug-likeness (QED) is 0.0304. The van der Waals surface area contributed by atoms with E-state index in [1.165, 1.54) is 68.8 Å². The Bertz CT molecular complexity index is 1820. The maximum Gasteiger partial charge on any atom is 0.348 e. The van der Waals surface area contributed by atoms with Crippen LogP contribution < -0.4 is 0 Å². The molecule has 1 aromatic carbocycles. The fourth-order valence-corrected chi connectivity index (χ4v) is 9.15. The Morgan fingerprint density at radius 3 is 1.92 bits per heavy atom. The molecule has 11 heteroatoms. The van der Waals surface area contributed by atoms with Crippen molar-refractivity contribution in [2.24, 2.45) is 11.8 Å². The Morgan fingerprint density at radius 2 is 1.36 bits per heavy atom. The van der Waals surface area contributed by atoms with Gasteiger partial charge >= 0.3 is 5.97 Å². The summed E-state index contributed by atoms with van der Waals surface area (Å²) in [6.45, 7) is 9.47. The molecule has 0 spiro atoms. The summed E-state index contributed by atoms with van der Waals surface area (Å²) in [4.78, 5) is 16.1. The lowest BCUT2D eigenvalue weighted by molar-refractivity contribution is -0.139. The normalized spacial score (nSPS) is 13.1. The van der Waals surface area contributed by atoms with Crippen molar-refractivity contribution in [1.82, 2.24) is 15.0 Å². The van der Waals surface area contributed by atoms with E-state index in [0.717, 1.165) is 66.5 Å². The number of ether oxygens (including phenoxy) is 1. The molecule has 0 amide bonds. The number of esters is 1. The third-order valence-electron chi connectivity index (χ3n) is 9.93. The third-order valence-corrected chi connectivity index (χ3v) is 12.6. The van der Waals surface area contributed by atoms with Crippen LogP contribution in [0.5, 0.6) is 0 Å². The molecule has 0 aliphatic carbocycles. The standard InChI is InChI=1S/C42H55BrF2N4O2S2/c1-5-9-12-14-15-17-20-30(19-16-13-10-6-2)27-49-47-40-36(38(44)39(45)37(41(40)48-49)34-23-24-35(43)53-34)33-22-21-32(52-33)25-31(26-46)42(50)51-28-29(8-4)18-11-7-3/h21-25,29-30H,5-20,27-28H2,1-4H3/b31-25+. The Balaban J connectivity index is 1.67. The Morgan fingerprint density at radius 1 is 0.811 bits per heavy atom. The number of benzene rings is 1. The SMILES string of the molecule is CCCCCCCCC(CCCCCC)Cn1nc2c(-c3ccc(Br)s3)c(F)c(F)c(-c3ccc(/C=C(\C#N)C(=O)OCC(CC)CCCC)s3)c2n1. The number of unbranched alkanes of at least 4 members (excludes halogenated alkanes) is 9. The van der Waals surface area contributed by atoms with Crippen LogP contribution in [-0.2, 0) is 16.1 Å². The lowest BCUT2D eigenvalue weighted by atomic mass is 9.94. The number of nitrogens with zero attached hydrogens (tertiary/aromatic N) is 4. The van der Waals surface area contributed by atoms with E-state index in [1.54, 1.807) is 23.0 Å². The first kappa shape index (κ1) is 42.8. The number of fused-ring (bicyclic) bond motifs is 1. The number of nitriles is 1. The average molecular weight is 830 g/mol. The van der Waals surface area contributed by atoms with Crippen LogP contribution in [0, 0.1) is 34.8 Å². The minimum absolute atomic E-state index is 0.0333. The maximum absolute atomic E-state index is 16.3. The molecule has 3 aromatic heterocycles. The highest BCUT2D eigenvalue weighted by Gasteiger charge is 2.28. The summed E-state index contributed by atoms with van der Waals surface area (Å²) < 4.78 is 38.9. The van der Waals surface area contributed by atoms with E-state index in [9.17, 15) is 10.1 Å². The van der Waals surface area contributed by atoms with Crippen molar-refractivity contribution < 1.29 is 18.3 Å². The highest BCUT2D eigenvalue weighted by atomic mass is 79.9. The van der Waals surface area contributed by atoms with Gasteiger partial charge < -0.3 is 4.74 Å². The summed E-state index contributed by atoms with van der Waals surface area (Å²) in [5.41, 5.74) is 0.612. The zero-order valence-corrected chi connectivity index (χ0v) is 35.0. The summed E-state index contributed by atoms with van der Waals surface area (Å²) in [5, 5.41) is 19.6. The smallest absolute Gasteiger partial charge is 0.348 e. The lowest BCUT2D eigenvalue weighted by Gasteiger charge is -2.16. The van der Waals surface area contributed by atoms with E-state index < -0.39 is 17.6 Å². The topological polar surface area (TPSA) is 80.8 Å². The molecule has 2 unspecified atom stereocenters. The Hall–Kier alpha value is -2.94. The molecule has 2 atom stereocenters. The van der Waals surface area contributed by atoms with Gasteiger partial charge in [-0.15, -0.1) is 22.7 Å². The highest BCUT2D eigenvalue weighted by molar-refractivity contribution is 9.11. The van der Waals surface area contributed by atoms with Crippen molar-refractivity contribution in [3.05, 3.63) is 50.1 Å². The van der Waals surface area contributed by atoms with Crippen LogP contribution in [0.3, 0.4) is 0 Å². The molecule has 4 aromatic rings. The number of halogens is 3. The number of rotatable bonds is 24. The summed E-state index contributed by atoms with van der Waals surface area (Å²) in [5.74, 6) is -2.05. The number of carbonyl (C=O) groups excluding carboxylic acids is 1.